The Kier molecular flexibility index (Phi) is 3.03. The Morgan fingerprint density at radius 2 is 1.83 bits per heavy atom. The van der Waals surface area contributed by atoms with Crippen LogP contribution in [0, 0.1) is 0 Å². The largest absolute Gasteiger partial charge is 0.508 e. The summed E-state index contributed by atoms with van der Waals surface area (Å²) in [5.74, 6) is 0.380. The number of benzene rings is 2. The second kappa shape index (κ2) is 4.83. The van der Waals surface area contributed by atoms with Crippen LogP contribution in [0.5, 0.6) is 5.75 Å². The van der Waals surface area contributed by atoms with Crippen LogP contribution in [0.3, 0.4) is 0 Å². The lowest BCUT2D eigenvalue weighted by molar-refractivity contribution is 0.245. The van der Waals surface area contributed by atoms with E-state index in [-0.39, 0.29) is 0 Å². The van der Waals surface area contributed by atoms with E-state index in [1.807, 2.05) is 12.1 Å². The average molecular weight is 239 g/mol. The highest BCUT2D eigenvalue weighted by molar-refractivity contribution is 5.36. The summed E-state index contributed by atoms with van der Waals surface area (Å²) < 4.78 is 0. The van der Waals surface area contributed by atoms with Gasteiger partial charge in [0.15, 0.2) is 0 Å². The molecule has 0 amide bonds. The zero-order valence-electron chi connectivity index (χ0n) is 10.3. The van der Waals surface area contributed by atoms with Gasteiger partial charge in [-0.1, -0.05) is 36.4 Å². The van der Waals surface area contributed by atoms with Crippen molar-refractivity contribution in [2.45, 2.75) is 19.5 Å². The van der Waals surface area contributed by atoms with Crippen molar-refractivity contribution >= 4 is 0 Å². The Morgan fingerprint density at radius 3 is 2.67 bits per heavy atom. The summed E-state index contributed by atoms with van der Waals surface area (Å²) in [5.41, 5.74) is 3.99. The lowest BCUT2D eigenvalue weighted by atomic mass is 9.99. The second-order valence-corrected chi connectivity index (χ2v) is 4.90. The number of fused-ring (bicyclic) bond motifs is 1. The maximum atomic E-state index is 9.48. The highest BCUT2D eigenvalue weighted by Gasteiger charge is 2.16. The monoisotopic (exact) mass is 239 g/mol. The lowest BCUT2D eigenvalue weighted by Gasteiger charge is -2.28. The molecule has 2 aromatic carbocycles. The van der Waals surface area contributed by atoms with Gasteiger partial charge in [-0.3, -0.25) is 4.90 Å². The van der Waals surface area contributed by atoms with E-state index in [1.165, 1.54) is 16.7 Å². The van der Waals surface area contributed by atoms with Crippen LogP contribution in [0.1, 0.15) is 16.7 Å². The summed E-state index contributed by atoms with van der Waals surface area (Å²) in [5, 5.41) is 9.48. The number of aromatic hydroxyl groups is 1. The Balaban J connectivity index is 1.73. The van der Waals surface area contributed by atoms with Crippen molar-refractivity contribution < 1.29 is 5.11 Å². The van der Waals surface area contributed by atoms with Crippen molar-refractivity contribution in [1.82, 2.24) is 4.90 Å². The molecule has 0 saturated carbocycles. The molecule has 1 heterocycles. The Morgan fingerprint density at radius 1 is 1.00 bits per heavy atom. The molecule has 2 aromatic rings. The first-order chi connectivity index (χ1) is 8.81. The van der Waals surface area contributed by atoms with Crippen LogP contribution in [0.15, 0.2) is 48.5 Å². The molecule has 0 spiro atoms. The predicted octanol–water partition coefficient (Wildman–Crippen LogP) is 2.95. The molecule has 2 heteroatoms. The van der Waals surface area contributed by atoms with Gasteiger partial charge in [0.25, 0.3) is 0 Å². The van der Waals surface area contributed by atoms with Gasteiger partial charge in [0.2, 0.25) is 0 Å². The van der Waals surface area contributed by atoms with E-state index in [9.17, 15) is 5.11 Å². The summed E-state index contributed by atoms with van der Waals surface area (Å²) in [7, 11) is 0. The molecule has 92 valence electrons. The van der Waals surface area contributed by atoms with Crippen molar-refractivity contribution in [2.75, 3.05) is 6.54 Å². The summed E-state index contributed by atoms with van der Waals surface area (Å²) in [4.78, 5) is 2.45. The third-order valence-electron chi connectivity index (χ3n) is 3.53. The molecule has 1 aliphatic rings. The van der Waals surface area contributed by atoms with Crippen molar-refractivity contribution in [3.8, 4) is 5.75 Å². The summed E-state index contributed by atoms with van der Waals surface area (Å²) in [6, 6.07) is 16.3. The number of rotatable bonds is 2. The molecule has 0 saturated heterocycles. The van der Waals surface area contributed by atoms with Crippen LogP contribution >= 0.6 is 0 Å². The summed E-state index contributed by atoms with van der Waals surface area (Å²) in [6.07, 6.45) is 1.02. The lowest BCUT2D eigenvalue weighted by Crippen LogP contribution is -2.29. The molecule has 1 N–H and O–H groups in total. The number of phenols is 1. The minimum absolute atomic E-state index is 0.380. The Labute approximate surface area is 107 Å². The first-order valence-corrected chi connectivity index (χ1v) is 6.38. The fraction of sp³-hybridized carbons (Fsp3) is 0.250. The fourth-order valence-electron chi connectivity index (χ4n) is 2.57. The van der Waals surface area contributed by atoms with Crippen LogP contribution in [0.4, 0.5) is 0 Å². The standard InChI is InChI=1S/C16H17NO/c18-16-7-6-15-12-17(9-8-14(15)10-16)11-13-4-2-1-3-5-13/h1-7,10,18H,8-9,11-12H2. The highest BCUT2D eigenvalue weighted by atomic mass is 16.3. The van der Waals surface area contributed by atoms with Gasteiger partial charge in [0, 0.05) is 19.6 Å². The SMILES string of the molecule is Oc1ccc2c(c1)CCN(Cc1ccccc1)C2. The molecular formula is C16H17NO. The zero-order valence-corrected chi connectivity index (χ0v) is 10.3. The first-order valence-electron chi connectivity index (χ1n) is 6.38. The van der Waals surface area contributed by atoms with E-state index in [1.54, 1.807) is 6.07 Å². The molecule has 0 bridgehead atoms. The van der Waals surface area contributed by atoms with Crippen molar-refractivity contribution in [3.63, 3.8) is 0 Å². The van der Waals surface area contributed by atoms with Crippen LogP contribution < -0.4 is 0 Å². The maximum absolute atomic E-state index is 9.48. The van der Waals surface area contributed by atoms with Crippen LogP contribution in [-0.2, 0) is 19.5 Å². The predicted molar refractivity (Wildman–Crippen MR) is 72.4 cm³/mol. The molecule has 0 unspecified atom stereocenters. The van der Waals surface area contributed by atoms with E-state index in [0.717, 1.165) is 26.1 Å². The number of hydrogen-bond acceptors (Lipinski definition) is 2. The Bertz CT molecular complexity index is 536. The molecule has 2 nitrogen and oxygen atoms in total. The topological polar surface area (TPSA) is 23.5 Å². The smallest absolute Gasteiger partial charge is 0.115 e. The van der Waals surface area contributed by atoms with E-state index >= 15 is 0 Å². The van der Waals surface area contributed by atoms with Gasteiger partial charge < -0.3 is 5.11 Å². The van der Waals surface area contributed by atoms with Gasteiger partial charge in [-0.2, -0.15) is 0 Å². The van der Waals surface area contributed by atoms with E-state index in [4.69, 9.17) is 0 Å². The van der Waals surface area contributed by atoms with Gasteiger partial charge >= 0.3 is 0 Å². The molecule has 0 atom stereocenters. The molecule has 0 fully saturated rings. The molecule has 0 radical (unpaired) electrons. The van der Waals surface area contributed by atoms with Crippen LogP contribution in [-0.4, -0.2) is 16.6 Å². The zero-order chi connectivity index (χ0) is 12.4. The average Bonchev–Trinajstić information content (AvgIpc) is 2.40. The summed E-state index contributed by atoms with van der Waals surface area (Å²) >= 11 is 0. The minimum Gasteiger partial charge on any atom is -0.508 e. The molecule has 3 rings (SSSR count). The van der Waals surface area contributed by atoms with Gasteiger partial charge in [-0.05, 0) is 35.2 Å². The van der Waals surface area contributed by atoms with Gasteiger partial charge in [-0.15, -0.1) is 0 Å². The third kappa shape index (κ3) is 2.39. The normalized spacial score (nSPS) is 15.3. The number of hydrogen-bond donors (Lipinski definition) is 1. The fourth-order valence-corrected chi connectivity index (χ4v) is 2.57. The quantitative estimate of drug-likeness (QED) is 0.871. The molecule has 18 heavy (non-hydrogen) atoms. The van der Waals surface area contributed by atoms with E-state index in [2.05, 4.69) is 35.2 Å². The summed E-state index contributed by atoms with van der Waals surface area (Å²) in [6.45, 7) is 3.04. The third-order valence-corrected chi connectivity index (χ3v) is 3.53. The van der Waals surface area contributed by atoms with Gasteiger partial charge in [-0.25, -0.2) is 0 Å². The maximum Gasteiger partial charge on any atom is 0.115 e. The van der Waals surface area contributed by atoms with Gasteiger partial charge in [0.05, 0.1) is 0 Å². The minimum atomic E-state index is 0.380. The number of nitrogens with zero attached hydrogens (tertiary/aromatic N) is 1. The molecular weight excluding hydrogens is 222 g/mol. The molecule has 0 aromatic heterocycles. The van der Waals surface area contributed by atoms with E-state index < -0.39 is 0 Å². The van der Waals surface area contributed by atoms with Crippen LogP contribution in [0.25, 0.3) is 0 Å². The van der Waals surface area contributed by atoms with E-state index in [0.29, 0.717) is 5.75 Å². The molecule has 1 aliphatic heterocycles. The van der Waals surface area contributed by atoms with Gasteiger partial charge in [0.1, 0.15) is 5.75 Å². The van der Waals surface area contributed by atoms with Crippen molar-refractivity contribution in [3.05, 3.63) is 65.2 Å². The highest BCUT2D eigenvalue weighted by Crippen LogP contribution is 2.23. The van der Waals surface area contributed by atoms with Crippen molar-refractivity contribution in [1.29, 1.82) is 0 Å². The van der Waals surface area contributed by atoms with Crippen LogP contribution in [0.2, 0.25) is 0 Å². The molecule has 0 aliphatic carbocycles. The Hall–Kier alpha value is -1.80. The second-order valence-electron chi connectivity index (χ2n) is 4.90. The first kappa shape index (κ1) is 11.3. The number of phenolic OH excluding ortho intramolecular Hbond substituents is 1. The van der Waals surface area contributed by atoms with Crippen molar-refractivity contribution in [2.24, 2.45) is 0 Å².